The van der Waals surface area contributed by atoms with Crippen molar-refractivity contribution in [2.45, 2.75) is 7.43 Å². The van der Waals surface area contributed by atoms with Gasteiger partial charge in [0.2, 0.25) is 0 Å². The Kier molecular flexibility index (Phi) is 3.28. The van der Waals surface area contributed by atoms with Gasteiger partial charge < -0.3 is 0 Å². The van der Waals surface area contributed by atoms with E-state index in [0.717, 1.165) is 0 Å². The molecule has 0 aromatic heterocycles. The minimum atomic E-state index is -4.17. The van der Waals surface area contributed by atoms with Crippen LogP contribution >= 0.6 is 0 Å². The van der Waals surface area contributed by atoms with E-state index >= 15 is 0 Å². The highest BCUT2D eigenvalue weighted by Crippen LogP contribution is 1.50. The maximum atomic E-state index is 8.97. The van der Waals surface area contributed by atoms with E-state index in [-0.39, 0.29) is 7.43 Å². The average Bonchev–Trinajstić information content (AvgIpc) is 0.722. The highest BCUT2D eigenvalue weighted by Gasteiger charge is 1.81. The van der Waals surface area contributed by atoms with Crippen molar-refractivity contribution >= 4 is 10.3 Å². The average molecular weight is 113 g/mol. The summed E-state index contributed by atoms with van der Waals surface area (Å²) in [7, 11) is -4.17. The third-order valence-electron chi connectivity index (χ3n) is 0. The summed E-state index contributed by atoms with van der Waals surface area (Å²) in [6.45, 7) is 0. The van der Waals surface area contributed by atoms with Crippen molar-refractivity contribution in [2.24, 2.45) is 5.14 Å². The van der Waals surface area contributed by atoms with Gasteiger partial charge in [0, 0.05) is 0 Å². The van der Waals surface area contributed by atoms with Gasteiger partial charge in [0.1, 0.15) is 0 Å². The van der Waals surface area contributed by atoms with Crippen molar-refractivity contribution in [2.75, 3.05) is 0 Å². The number of hydrogen-bond acceptors (Lipinski definition) is 2. The Morgan fingerprint density at radius 3 is 1.50 bits per heavy atom. The zero-order valence-electron chi connectivity index (χ0n) is 2.25. The molecular formula is CH7NO3S. The van der Waals surface area contributed by atoms with E-state index in [1.54, 1.807) is 0 Å². The molecule has 6 heavy (non-hydrogen) atoms. The molecule has 0 radical (unpaired) electrons. The summed E-state index contributed by atoms with van der Waals surface area (Å²) in [6, 6.07) is 0. The molecule has 0 bridgehead atoms. The van der Waals surface area contributed by atoms with E-state index in [1.165, 1.54) is 0 Å². The van der Waals surface area contributed by atoms with Crippen LogP contribution in [0.2, 0.25) is 0 Å². The zero-order chi connectivity index (χ0) is 4.50. The number of rotatable bonds is 0. The molecule has 0 rings (SSSR count). The van der Waals surface area contributed by atoms with Gasteiger partial charge in [0.15, 0.2) is 0 Å². The second-order valence-electron chi connectivity index (χ2n) is 0.515. The Morgan fingerprint density at radius 2 is 1.50 bits per heavy atom. The van der Waals surface area contributed by atoms with Crippen LogP contribution in [0, 0.1) is 0 Å². The molecule has 0 aromatic rings. The first-order chi connectivity index (χ1) is 2.00. The number of nitrogens with two attached hydrogens (primary N) is 1. The summed E-state index contributed by atoms with van der Waals surface area (Å²) in [5, 5.41) is 3.88. The third-order valence-corrected chi connectivity index (χ3v) is 0. The predicted octanol–water partition coefficient (Wildman–Crippen LogP) is -0.616. The van der Waals surface area contributed by atoms with Gasteiger partial charge in [-0.2, -0.15) is 8.42 Å². The van der Waals surface area contributed by atoms with E-state index < -0.39 is 10.3 Å². The quantitative estimate of drug-likeness (QED) is 0.411. The molecule has 0 saturated heterocycles. The minimum absolute atomic E-state index is 0. The topological polar surface area (TPSA) is 80.4 Å². The summed E-state index contributed by atoms with van der Waals surface area (Å²) in [5.41, 5.74) is 0. The van der Waals surface area contributed by atoms with Gasteiger partial charge in [-0.1, -0.05) is 7.43 Å². The molecule has 0 aliphatic rings. The van der Waals surface area contributed by atoms with Crippen molar-refractivity contribution in [3.8, 4) is 0 Å². The number of hydrogen-bond donors (Lipinski definition) is 2. The van der Waals surface area contributed by atoms with Crippen LogP contribution in [0.5, 0.6) is 0 Å². The highest BCUT2D eigenvalue weighted by molar-refractivity contribution is 7.83. The van der Waals surface area contributed by atoms with Crippen LogP contribution in [0.4, 0.5) is 0 Å². The zero-order valence-corrected chi connectivity index (χ0v) is 3.07. The fourth-order valence-corrected chi connectivity index (χ4v) is 0. The summed E-state index contributed by atoms with van der Waals surface area (Å²) < 4.78 is 25.2. The molecule has 5 heteroatoms. The van der Waals surface area contributed by atoms with Crippen LogP contribution in [0.1, 0.15) is 7.43 Å². The maximum absolute atomic E-state index is 8.97. The molecule has 0 aliphatic carbocycles. The Bertz CT molecular complexity index is 94.0. The Labute approximate surface area is 36.8 Å². The van der Waals surface area contributed by atoms with Gasteiger partial charge >= 0.3 is 10.3 Å². The van der Waals surface area contributed by atoms with Crippen LogP contribution in [-0.4, -0.2) is 13.0 Å². The van der Waals surface area contributed by atoms with Gasteiger partial charge in [-0.05, 0) is 0 Å². The van der Waals surface area contributed by atoms with Gasteiger partial charge in [-0.15, -0.1) is 0 Å². The molecule has 0 saturated carbocycles. The summed E-state index contributed by atoms with van der Waals surface area (Å²) >= 11 is 0. The molecule has 0 aliphatic heterocycles. The van der Waals surface area contributed by atoms with Crippen LogP contribution in [0.25, 0.3) is 0 Å². The fourth-order valence-electron chi connectivity index (χ4n) is 0. The monoisotopic (exact) mass is 113 g/mol. The molecule has 0 fully saturated rings. The van der Waals surface area contributed by atoms with E-state index in [4.69, 9.17) is 13.0 Å². The van der Waals surface area contributed by atoms with Gasteiger partial charge in [0.05, 0.1) is 0 Å². The lowest BCUT2D eigenvalue weighted by Crippen LogP contribution is -2.08. The minimum Gasteiger partial charge on any atom is -0.274 e. The van der Waals surface area contributed by atoms with Crippen molar-refractivity contribution in [1.29, 1.82) is 0 Å². The second kappa shape index (κ2) is 2.12. The van der Waals surface area contributed by atoms with Gasteiger partial charge in [0.25, 0.3) is 0 Å². The van der Waals surface area contributed by atoms with Crippen LogP contribution < -0.4 is 5.14 Å². The first-order valence-electron chi connectivity index (χ1n) is 0.752. The molecule has 0 atom stereocenters. The first-order valence-corrected chi connectivity index (χ1v) is 2.25. The maximum Gasteiger partial charge on any atom is 0.330 e. The van der Waals surface area contributed by atoms with Crippen LogP contribution in [-0.2, 0) is 10.3 Å². The molecule has 0 aromatic carbocycles. The van der Waals surface area contributed by atoms with E-state index in [0.29, 0.717) is 0 Å². The Hall–Kier alpha value is -0.130. The standard InChI is InChI=1S/CH4.H3NO3S/c;1-5(2,3)4/h1H4;(H3,1,2,3,4). The molecule has 0 spiro atoms. The highest BCUT2D eigenvalue weighted by atomic mass is 32.2. The summed E-state index contributed by atoms with van der Waals surface area (Å²) in [5.74, 6) is 0. The Balaban J connectivity index is 0. The fraction of sp³-hybridized carbons (Fsp3) is 1.00. The molecule has 40 valence electrons. The van der Waals surface area contributed by atoms with Crippen molar-refractivity contribution in [1.82, 2.24) is 0 Å². The largest absolute Gasteiger partial charge is 0.330 e. The van der Waals surface area contributed by atoms with Crippen LogP contribution in [0.15, 0.2) is 0 Å². The molecule has 0 amide bonds. The van der Waals surface area contributed by atoms with Gasteiger partial charge in [-0.3, -0.25) is 4.55 Å². The molecular weight excluding hydrogens is 106 g/mol. The SMILES string of the molecule is C.NS(=O)(=O)O. The predicted molar refractivity (Wildman–Crippen MR) is 22.5 cm³/mol. The lowest BCUT2D eigenvalue weighted by Gasteiger charge is -1.70. The summed E-state index contributed by atoms with van der Waals surface area (Å²) in [6.07, 6.45) is 0. The Morgan fingerprint density at radius 1 is 1.50 bits per heavy atom. The van der Waals surface area contributed by atoms with Gasteiger partial charge in [-0.25, -0.2) is 5.14 Å². The molecule has 4 nitrogen and oxygen atoms in total. The smallest absolute Gasteiger partial charge is 0.274 e. The molecule has 0 heterocycles. The van der Waals surface area contributed by atoms with Crippen molar-refractivity contribution < 1.29 is 13.0 Å². The van der Waals surface area contributed by atoms with E-state index in [2.05, 4.69) is 5.14 Å². The lowest BCUT2D eigenvalue weighted by atomic mass is 12.0. The van der Waals surface area contributed by atoms with Crippen LogP contribution in [0.3, 0.4) is 0 Å². The summed E-state index contributed by atoms with van der Waals surface area (Å²) in [4.78, 5) is 0. The third kappa shape index (κ3) is 1890. The van der Waals surface area contributed by atoms with E-state index in [9.17, 15) is 0 Å². The first kappa shape index (κ1) is 9.30. The lowest BCUT2D eigenvalue weighted by molar-refractivity contribution is 0.485. The molecule has 0 unspecified atom stereocenters. The second-order valence-corrected chi connectivity index (χ2v) is 1.54. The normalized spacial score (nSPS) is 9.67. The van der Waals surface area contributed by atoms with Crippen molar-refractivity contribution in [3.63, 3.8) is 0 Å². The van der Waals surface area contributed by atoms with Crippen molar-refractivity contribution in [3.05, 3.63) is 0 Å². The van der Waals surface area contributed by atoms with E-state index in [1.807, 2.05) is 0 Å². The molecule has 3 N–H and O–H groups in total.